The van der Waals surface area contributed by atoms with Gasteiger partial charge in [-0.15, -0.1) is 0 Å². The first-order valence-corrected chi connectivity index (χ1v) is 5.78. The number of imidazole rings is 1. The maximum absolute atomic E-state index is 5.73. The summed E-state index contributed by atoms with van der Waals surface area (Å²) in [5.41, 5.74) is 5.73. The first kappa shape index (κ1) is 10.9. The Balaban J connectivity index is 2.27. The number of nitrogen functional groups attached to an aromatic ring is 1. The Bertz CT molecular complexity index is 466. The number of aromatic amines is 1. The van der Waals surface area contributed by atoms with E-state index in [1.807, 2.05) is 13.8 Å². The number of nitrogens with one attached hydrogen (secondary N) is 1. The standard InChI is InChI=1S/C10H13N5S/c1-6(2)9-14-7(11)5-8(15-9)16-10-12-3-4-13-10/h3-6H,1-2H3,(H,12,13)(H2,11,14,15). The van der Waals surface area contributed by atoms with Crippen molar-refractivity contribution in [1.82, 2.24) is 19.9 Å². The van der Waals surface area contributed by atoms with Gasteiger partial charge < -0.3 is 10.7 Å². The van der Waals surface area contributed by atoms with Crippen LogP contribution < -0.4 is 5.73 Å². The molecule has 2 rings (SSSR count). The molecule has 0 aliphatic rings. The fourth-order valence-electron chi connectivity index (χ4n) is 1.18. The molecule has 0 aliphatic heterocycles. The van der Waals surface area contributed by atoms with Crippen LogP contribution in [0.2, 0.25) is 0 Å². The highest BCUT2D eigenvalue weighted by molar-refractivity contribution is 7.99. The van der Waals surface area contributed by atoms with Crippen LogP contribution in [-0.2, 0) is 0 Å². The zero-order chi connectivity index (χ0) is 11.5. The lowest BCUT2D eigenvalue weighted by Crippen LogP contribution is -2.02. The molecule has 0 atom stereocenters. The Morgan fingerprint density at radius 2 is 2.19 bits per heavy atom. The molecular weight excluding hydrogens is 222 g/mol. The lowest BCUT2D eigenvalue weighted by Gasteiger charge is -2.06. The van der Waals surface area contributed by atoms with E-state index in [-0.39, 0.29) is 5.92 Å². The Morgan fingerprint density at radius 1 is 1.38 bits per heavy atom. The molecule has 0 aromatic carbocycles. The highest BCUT2D eigenvalue weighted by atomic mass is 32.2. The van der Waals surface area contributed by atoms with E-state index in [0.717, 1.165) is 16.0 Å². The van der Waals surface area contributed by atoms with Crippen LogP contribution >= 0.6 is 11.8 Å². The normalized spacial score (nSPS) is 10.9. The number of hydrogen-bond donors (Lipinski definition) is 2. The van der Waals surface area contributed by atoms with Crippen LogP contribution in [0.15, 0.2) is 28.6 Å². The molecule has 0 saturated carbocycles. The van der Waals surface area contributed by atoms with E-state index in [1.54, 1.807) is 18.5 Å². The van der Waals surface area contributed by atoms with E-state index < -0.39 is 0 Å². The van der Waals surface area contributed by atoms with Gasteiger partial charge in [0.05, 0.1) is 0 Å². The Kier molecular flexibility index (Phi) is 3.09. The number of nitrogens with zero attached hydrogens (tertiary/aromatic N) is 3. The van der Waals surface area contributed by atoms with Crippen molar-refractivity contribution in [2.24, 2.45) is 0 Å². The Morgan fingerprint density at radius 3 is 2.81 bits per heavy atom. The fourth-order valence-corrected chi connectivity index (χ4v) is 1.93. The summed E-state index contributed by atoms with van der Waals surface area (Å²) in [7, 11) is 0. The van der Waals surface area contributed by atoms with E-state index in [4.69, 9.17) is 5.73 Å². The molecule has 6 heteroatoms. The highest BCUT2D eigenvalue weighted by Gasteiger charge is 2.08. The van der Waals surface area contributed by atoms with Gasteiger partial charge in [-0.3, -0.25) is 0 Å². The SMILES string of the molecule is CC(C)c1nc(N)cc(Sc2ncc[nH]2)n1. The molecule has 2 heterocycles. The zero-order valence-corrected chi connectivity index (χ0v) is 9.95. The van der Waals surface area contributed by atoms with Gasteiger partial charge >= 0.3 is 0 Å². The van der Waals surface area contributed by atoms with Crippen molar-refractivity contribution in [3.8, 4) is 0 Å². The molecular formula is C10H13N5S. The molecule has 0 aliphatic carbocycles. The predicted octanol–water partition coefficient (Wildman–Crippen LogP) is 2.06. The van der Waals surface area contributed by atoms with Gasteiger partial charge in [0.15, 0.2) is 5.16 Å². The average molecular weight is 235 g/mol. The van der Waals surface area contributed by atoms with E-state index >= 15 is 0 Å². The molecule has 16 heavy (non-hydrogen) atoms. The van der Waals surface area contributed by atoms with Gasteiger partial charge in [0.1, 0.15) is 16.7 Å². The number of nitrogens with two attached hydrogens (primary N) is 1. The molecule has 0 bridgehead atoms. The second-order valence-corrected chi connectivity index (χ2v) is 4.65. The van der Waals surface area contributed by atoms with Crippen LogP contribution in [0.5, 0.6) is 0 Å². The minimum Gasteiger partial charge on any atom is -0.384 e. The van der Waals surface area contributed by atoms with Crippen LogP contribution in [0.3, 0.4) is 0 Å². The molecule has 3 N–H and O–H groups in total. The predicted molar refractivity (Wildman–Crippen MR) is 63.2 cm³/mol. The van der Waals surface area contributed by atoms with Gasteiger partial charge in [-0.25, -0.2) is 15.0 Å². The number of H-pyrrole nitrogens is 1. The quantitative estimate of drug-likeness (QED) is 0.796. The summed E-state index contributed by atoms with van der Waals surface area (Å²) in [6, 6.07) is 1.75. The van der Waals surface area contributed by atoms with Crippen molar-refractivity contribution in [3.05, 3.63) is 24.3 Å². The van der Waals surface area contributed by atoms with E-state index in [0.29, 0.717) is 5.82 Å². The van der Waals surface area contributed by atoms with Crippen LogP contribution in [0, 0.1) is 0 Å². The van der Waals surface area contributed by atoms with Crippen molar-refractivity contribution in [1.29, 1.82) is 0 Å². The van der Waals surface area contributed by atoms with E-state index in [1.165, 1.54) is 11.8 Å². The third kappa shape index (κ3) is 2.52. The van der Waals surface area contributed by atoms with Gasteiger partial charge in [0.25, 0.3) is 0 Å². The number of anilines is 1. The lowest BCUT2D eigenvalue weighted by atomic mass is 10.2. The molecule has 0 amide bonds. The number of rotatable bonds is 3. The molecule has 0 fully saturated rings. The average Bonchev–Trinajstić information content (AvgIpc) is 2.69. The summed E-state index contributed by atoms with van der Waals surface area (Å²) in [5, 5.41) is 1.61. The minimum atomic E-state index is 0.263. The van der Waals surface area contributed by atoms with Crippen LogP contribution in [0.1, 0.15) is 25.6 Å². The summed E-state index contributed by atoms with van der Waals surface area (Å²) in [4.78, 5) is 15.7. The topological polar surface area (TPSA) is 80.5 Å². The molecule has 0 saturated heterocycles. The molecule has 2 aromatic rings. The van der Waals surface area contributed by atoms with Crippen molar-refractivity contribution in [3.63, 3.8) is 0 Å². The molecule has 84 valence electrons. The summed E-state index contributed by atoms with van der Waals surface area (Å²) in [5.74, 6) is 1.52. The van der Waals surface area contributed by atoms with E-state index in [9.17, 15) is 0 Å². The highest BCUT2D eigenvalue weighted by Crippen LogP contribution is 2.24. The van der Waals surface area contributed by atoms with Gasteiger partial charge in [-0.1, -0.05) is 13.8 Å². The molecule has 5 nitrogen and oxygen atoms in total. The molecule has 0 radical (unpaired) electrons. The maximum Gasteiger partial charge on any atom is 0.171 e. The van der Waals surface area contributed by atoms with Crippen molar-refractivity contribution in [2.75, 3.05) is 5.73 Å². The van der Waals surface area contributed by atoms with Crippen LogP contribution in [0.25, 0.3) is 0 Å². The van der Waals surface area contributed by atoms with Crippen molar-refractivity contribution >= 4 is 17.6 Å². The molecule has 0 unspecified atom stereocenters. The minimum absolute atomic E-state index is 0.263. The summed E-state index contributed by atoms with van der Waals surface area (Å²) >= 11 is 1.44. The summed E-state index contributed by atoms with van der Waals surface area (Å²) in [6.45, 7) is 4.08. The van der Waals surface area contributed by atoms with Gasteiger partial charge in [0, 0.05) is 24.4 Å². The largest absolute Gasteiger partial charge is 0.384 e. The smallest absolute Gasteiger partial charge is 0.171 e. The molecule has 0 spiro atoms. The van der Waals surface area contributed by atoms with Gasteiger partial charge in [-0.05, 0) is 11.8 Å². The Labute approximate surface area is 97.9 Å². The molecule has 2 aromatic heterocycles. The third-order valence-electron chi connectivity index (χ3n) is 1.93. The maximum atomic E-state index is 5.73. The monoisotopic (exact) mass is 235 g/mol. The van der Waals surface area contributed by atoms with Gasteiger partial charge in [-0.2, -0.15) is 0 Å². The first-order chi connectivity index (χ1) is 7.65. The second kappa shape index (κ2) is 4.52. The second-order valence-electron chi connectivity index (χ2n) is 3.64. The first-order valence-electron chi connectivity index (χ1n) is 4.97. The fraction of sp³-hybridized carbons (Fsp3) is 0.300. The van der Waals surface area contributed by atoms with Crippen molar-refractivity contribution in [2.45, 2.75) is 29.9 Å². The lowest BCUT2D eigenvalue weighted by molar-refractivity contribution is 0.756. The number of hydrogen-bond acceptors (Lipinski definition) is 5. The summed E-state index contributed by atoms with van der Waals surface area (Å²) < 4.78 is 0. The van der Waals surface area contributed by atoms with Crippen molar-refractivity contribution < 1.29 is 0 Å². The Hall–Kier alpha value is -1.56. The van der Waals surface area contributed by atoms with Gasteiger partial charge in [0.2, 0.25) is 0 Å². The zero-order valence-electron chi connectivity index (χ0n) is 9.14. The van der Waals surface area contributed by atoms with Crippen LogP contribution in [0.4, 0.5) is 5.82 Å². The summed E-state index contributed by atoms with van der Waals surface area (Å²) in [6.07, 6.45) is 3.48. The number of aromatic nitrogens is 4. The van der Waals surface area contributed by atoms with E-state index in [2.05, 4.69) is 19.9 Å². The van der Waals surface area contributed by atoms with Crippen LogP contribution in [-0.4, -0.2) is 19.9 Å². The third-order valence-corrected chi connectivity index (χ3v) is 2.77.